The number of nitrogens with zero attached hydrogens (tertiary/aromatic N) is 1. The summed E-state index contributed by atoms with van der Waals surface area (Å²) >= 11 is 0. The third-order valence-corrected chi connectivity index (χ3v) is 5.59. The summed E-state index contributed by atoms with van der Waals surface area (Å²) in [5.41, 5.74) is 16.6. The first-order valence-electron chi connectivity index (χ1n) is 11.0. The molecule has 3 rings (SSSR count). The molecule has 13 nitrogen and oxygen atoms in total. The van der Waals surface area contributed by atoms with Gasteiger partial charge in [0.2, 0.25) is 0 Å². The van der Waals surface area contributed by atoms with E-state index < -0.39 is 77.4 Å². The number of nitrogens with two attached hydrogens (primary N) is 3. The molecule has 0 unspecified atom stereocenters. The SMILES string of the molecule is CC(=O)c1c(N2C(=O)N[C@H](c3ccc(CN)cc3)C2=O)ccc(OC(=O)CN)c1C(=O)[C@@H](N)CC(=O)O. The number of carboxylic acid groups (broad SMARTS) is 1. The lowest BCUT2D eigenvalue weighted by Gasteiger charge is -2.21. The maximum absolute atomic E-state index is 13.3. The van der Waals surface area contributed by atoms with Crippen LogP contribution in [0.3, 0.4) is 0 Å². The van der Waals surface area contributed by atoms with Crippen molar-refractivity contribution in [3.8, 4) is 5.75 Å². The monoisotopic (exact) mass is 511 g/mol. The zero-order valence-electron chi connectivity index (χ0n) is 19.7. The zero-order chi connectivity index (χ0) is 27.4. The number of anilines is 1. The second-order valence-electron chi connectivity index (χ2n) is 8.14. The molecule has 0 spiro atoms. The van der Waals surface area contributed by atoms with Crippen LogP contribution in [0, 0.1) is 0 Å². The van der Waals surface area contributed by atoms with E-state index in [9.17, 15) is 28.8 Å². The Bertz CT molecular complexity index is 1290. The van der Waals surface area contributed by atoms with Gasteiger partial charge in [0.1, 0.15) is 11.8 Å². The number of benzene rings is 2. The lowest BCUT2D eigenvalue weighted by atomic mass is 9.92. The van der Waals surface area contributed by atoms with E-state index in [1.807, 2.05) is 0 Å². The Labute approximate surface area is 210 Å². The van der Waals surface area contributed by atoms with Crippen molar-refractivity contribution in [1.82, 2.24) is 5.32 Å². The van der Waals surface area contributed by atoms with E-state index in [1.54, 1.807) is 24.3 Å². The summed E-state index contributed by atoms with van der Waals surface area (Å²) in [6, 6.07) is 5.29. The lowest BCUT2D eigenvalue weighted by Crippen LogP contribution is -2.36. The van der Waals surface area contributed by atoms with Crippen LogP contribution in [-0.4, -0.2) is 53.1 Å². The van der Waals surface area contributed by atoms with Gasteiger partial charge in [-0.15, -0.1) is 0 Å². The molecule has 0 radical (unpaired) electrons. The highest BCUT2D eigenvalue weighted by molar-refractivity contribution is 6.25. The third-order valence-electron chi connectivity index (χ3n) is 5.59. The molecular formula is C24H25N5O8. The van der Waals surface area contributed by atoms with E-state index in [0.717, 1.165) is 24.6 Å². The maximum Gasteiger partial charge on any atom is 0.329 e. The molecule has 8 N–H and O–H groups in total. The molecule has 2 aromatic rings. The van der Waals surface area contributed by atoms with Crippen LogP contribution in [0.15, 0.2) is 36.4 Å². The minimum absolute atomic E-state index is 0.269. The lowest BCUT2D eigenvalue weighted by molar-refractivity contribution is -0.137. The number of Topliss-reactive ketones (excluding diaryl/α,β-unsaturated/α-hetero) is 2. The fourth-order valence-corrected chi connectivity index (χ4v) is 3.85. The number of nitrogens with one attached hydrogen (secondary N) is 1. The first kappa shape index (κ1) is 27.1. The minimum atomic E-state index is -1.63. The molecule has 194 valence electrons. The van der Waals surface area contributed by atoms with Gasteiger partial charge in [-0.1, -0.05) is 24.3 Å². The molecule has 3 amide bonds. The number of imide groups is 1. The Kier molecular flexibility index (Phi) is 8.12. The van der Waals surface area contributed by atoms with Crippen molar-refractivity contribution in [2.75, 3.05) is 11.4 Å². The average Bonchev–Trinajstić information content (AvgIpc) is 3.16. The average molecular weight is 511 g/mol. The number of aliphatic carboxylic acids is 1. The Morgan fingerprint density at radius 1 is 1.05 bits per heavy atom. The van der Waals surface area contributed by atoms with Crippen molar-refractivity contribution >= 4 is 41.1 Å². The first-order valence-corrected chi connectivity index (χ1v) is 11.0. The van der Waals surface area contributed by atoms with Crippen molar-refractivity contribution in [2.24, 2.45) is 17.2 Å². The van der Waals surface area contributed by atoms with Crippen LogP contribution in [0.4, 0.5) is 10.5 Å². The second kappa shape index (κ2) is 11.1. The van der Waals surface area contributed by atoms with E-state index >= 15 is 0 Å². The van der Waals surface area contributed by atoms with Crippen LogP contribution in [0.2, 0.25) is 0 Å². The van der Waals surface area contributed by atoms with Crippen molar-refractivity contribution in [1.29, 1.82) is 0 Å². The number of rotatable bonds is 10. The summed E-state index contributed by atoms with van der Waals surface area (Å²) in [4.78, 5) is 75.9. The largest absolute Gasteiger partial charge is 0.481 e. The van der Waals surface area contributed by atoms with Gasteiger partial charge >= 0.3 is 18.0 Å². The summed E-state index contributed by atoms with van der Waals surface area (Å²) in [5.74, 6) is -5.33. The van der Waals surface area contributed by atoms with Gasteiger partial charge < -0.3 is 32.4 Å². The van der Waals surface area contributed by atoms with E-state index in [0.29, 0.717) is 10.5 Å². The predicted octanol–water partition coefficient (Wildman–Crippen LogP) is -0.00580. The smallest absolute Gasteiger partial charge is 0.329 e. The van der Waals surface area contributed by atoms with Crippen molar-refractivity contribution < 1.29 is 38.6 Å². The van der Waals surface area contributed by atoms with Crippen molar-refractivity contribution in [3.05, 3.63) is 58.7 Å². The Morgan fingerprint density at radius 2 is 1.70 bits per heavy atom. The van der Waals surface area contributed by atoms with Crippen LogP contribution >= 0.6 is 0 Å². The second-order valence-corrected chi connectivity index (χ2v) is 8.14. The molecule has 1 aliphatic rings. The molecule has 37 heavy (non-hydrogen) atoms. The highest BCUT2D eigenvalue weighted by atomic mass is 16.5. The van der Waals surface area contributed by atoms with Gasteiger partial charge in [0.05, 0.1) is 35.8 Å². The maximum atomic E-state index is 13.3. The number of esters is 1. The van der Waals surface area contributed by atoms with Gasteiger partial charge in [-0.2, -0.15) is 0 Å². The van der Waals surface area contributed by atoms with Crippen molar-refractivity contribution in [2.45, 2.75) is 32.0 Å². The molecule has 13 heteroatoms. The van der Waals surface area contributed by atoms with E-state index in [4.69, 9.17) is 27.0 Å². The van der Waals surface area contributed by atoms with Gasteiger partial charge in [-0.05, 0) is 30.2 Å². The summed E-state index contributed by atoms with van der Waals surface area (Å²) in [6.07, 6.45) is -0.797. The molecule has 0 aromatic heterocycles. The number of carboxylic acids is 1. The number of carbonyl (C=O) groups excluding carboxylic acids is 5. The fraction of sp³-hybridized carbons (Fsp3) is 0.250. The van der Waals surface area contributed by atoms with Gasteiger partial charge in [0.15, 0.2) is 11.6 Å². The standard InChI is InChI=1S/C24H25N5O8/c1-11(30)19-15(29-23(35)21(28-24(29)36)13-4-2-12(9-25)3-5-13)6-7-16(37-18(33)10-26)20(19)22(34)14(27)8-17(31)32/h2-7,14,21H,8-10,25-27H2,1H3,(H,28,36)(H,31,32)/t14-,21+/m0/s1. The number of ketones is 2. The van der Waals surface area contributed by atoms with Crippen LogP contribution in [0.25, 0.3) is 0 Å². The van der Waals surface area contributed by atoms with Gasteiger partial charge in [-0.25, -0.2) is 9.69 Å². The van der Waals surface area contributed by atoms with Crippen LogP contribution in [0.5, 0.6) is 5.75 Å². The number of ether oxygens (including phenoxy) is 1. The molecule has 2 atom stereocenters. The highest BCUT2D eigenvalue weighted by Crippen LogP contribution is 2.36. The van der Waals surface area contributed by atoms with E-state index in [-0.39, 0.29) is 12.2 Å². The normalized spacial score (nSPS) is 15.8. The summed E-state index contributed by atoms with van der Waals surface area (Å²) < 4.78 is 5.09. The summed E-state index contributed by atoms with van der Waals surface area (Å²) in [5, 5.41) is 11.6. The number of carbonyl (C=O) groups is 6. The van der Waals surface area contributed by atoms with Crippen molar-refractivity contribution in [3.63, 3.8) is 0 Å². The topological polar surface area (TPSA) is 225 Å². The molecule has 0 aliphatic carbocycles. The van der Waals surface area contributed by atoms with Crippen LogP contribution in [0.1, 0.15) is 51.2 Å². The van der Waals surface area contributed by atoms with Gasteiger partial charge in [-0.3, -0.25) is 24.0 Å². The van der Waals surface area contributed by atoms with E-state index in [1.165, 1.54) is 0 Å². The van der Waals surface area contributed by atoms with Gasteiger partial charge in [0.25, 0.3) is 5.91 Å². The predicted molar refractivity (Wildman–Crippen MR) is 129 cm³/mol. The van der Waals surface area contributed by atoms with Gasteiger partial charge in [0, 0.05) is 6.54 Å². The highest BCUT2D eigenvalue weighted by Gasteiger charge is 2.42. The van der Waals surface area contributed by atoms with Crippen LogP contribution < -0.4 is 32.2 Å². The quantitative estimate of drug-likeness (QED) is 0.123. The molecule has 1 saturated heterocycles. The molecule has 1 fully saturated rings. The fourth-order valence-electron chi connectivity index (χ4n) is 3.85. The minimum Gasteiger partial charge on any atom is -0.481 e. The third kappa shape index (κ3) is 5.53. The number of urea groups is 1. The number of hydrogen-bond acceptors (Lipinski definition) is 10. The molecule has 0 saturated carbocycles. The molecule has 0 bridgehead atoms. The molecule has 1 aliphatic heterocycles. The number of amides is 3. The summed E-state index contributed by atoms with van der Waals surface area (Å²) in [6.45, 7) is 0.777. The Morgan fingerprint density at radius 3 is 2.24 bits per heavy atom. The Balaban J connectivity index is 2.15. The van der Waals surface area contributed by atoms with Crippen LogP contribution in [-0.2, 0) is 20.9 Å². The zero-order valence-corrected chi connectivity index (χ0v) is 19.7. The Hall–Kier alpha value is -4.46. The first-order chi connectivity index (χ1) is 17.5. The van der Waals surface area contributed by atoms with E-state index in [2.05, 4.69) is 5.32 Å². The molecule has 2 aromatic carbocycles. The molecule has 1 heterocycles. The summed E-state index contributed by atoms with van der Waals surface area (Å²) in [7, 11) is 0. The molecular weight excluding hydrogens is 486 g/mol. The number of hydrogen-bond donors (Lipinski definition) is 5.